The van der Waals surface area contributed by atoms with Crippen LogP contribution in [0.3, 0.4) is 0 Å². The zero-order chi connectivity index (χ0) is 21.7. The molecule has 0 radical (unpaired) electrons. The third kappa shape index (κ3) is 3.38. The Hall–Kier alpha value is -2.84. The van der Waals surface area contributed by atoms with E-state index in [4.69, 9.17) is 28.9 Å². The number of amides is 2. The number of fused-ring (bicyclic) bond motifs is 1. The number of carbonyl (C=O) groups is 2. The molecular weight excluding hydrogens is 419 g/mol. The molecule has 0 aliphatic carbocycles. The lowest BCUT2D eigenvalue weighted by molar-refractivity contribution is -0.383. The van der Waals surface area contributed by atoms with Crippen molar-refractivity contribution in [2.24, 2.45) is 0 Å². The van der Waals surface area contributed by atoms with Gasteiger partial charge in [0.25, 0.3) is 11.6 Å². The first-order valence-electron chi connectivity index (χ1n) is 8.69. The highest BCUT2D eigenvalue weighted by atomic mass is 35.5. The fraction of sp³-hybridized carbons (Fsp3) is 0.263. The summed E-state index contributed by atoms with van der Waals surface area (Å²) in [6.45, 7) is 5.64. The molecule has 3 rings (SSSR count). The van der Waals surface area contributed by atoms with Crippen LogP contribution in [0.2, 0.25) is 10.0 Å². The van der Waals surface area contributed by atoms with E-state index in [2.05, 4.69) is 5.32 Å². The minimum Gasteiger partial charge on any atom is -0.396 e. The van der Waals surface area contributed by atoms with E-state index in [9.17, 15) is 19.7 Å². The molecule has 0 spiro atoms. The van der Waals surface area contributed by atoms with Gasteiger partial charge in [-0.1, -0.05) is 23.2 Å². The van der Waals surface area contributed by atoms with Crippen LogP contribution in [0, 0.1) is 10.1 Å². The van der Waals surface area contributed by atoms with E-state index in [1.165, 1.54) is 29.2 Å². The van der Waals surface area contributed by atoms with Gasteiger partial charge in [0.15, 0.2) is 0 Å². The van der Waals surface area contributed by atoms with Crippen molar-refractivity contribution in [1.29, 1.82) is 0 Å². The maximum atomic E-state index is 12.7. The molecule has 1 heterocycles. The van der Waals surface area contributed by atoms with Gasteiger partial charge < -0.3 is 16.0 Å². The highest BCUT2D eigenvalue weighted by Gasteiger charge is 2.44. The van der Waals surface area contributed by atoms with Gasteiger partial charge in [0.2, 0.25) is 5.91 Å². The van der Waals surface area contributed by atoms with Crippen molar-refractivity contribution in [2.75, 3.05) is 22.5 Å². The number of halogens is 2. The lowest BCUT2D eigenvalue weighted by Crippen LogP contribution is -2.35. The van der Waals surface area contributed by atoms with Crippen LogP contribution in [0.1, 0.15) is 36.7 Å². The number of nitrogens with two attached hydrogens (primary N) is 1. The summed E-state index contributed by atoms with van der Waals surface area (Å²) in [5.41, 5.74) is 5.73. The van der Waals surface area contributed by atoms with Crippen molar-refractivity contribution < 1.29 is 14.5 Å². The summed E-state index contributed by atoms with van der Waals surface area (Å²) >= 11 is 11.9. The topological polar surface area (TPSA) is 119 Å². The molecule has 3 N–H and O–H groups in total. The van der Waals surface area contributed by atoms with Gasteiger partial charge in [0, 0.05) is 18.2 Å². The van der Waals surface area contributed by atoms with Crippen LogP contribution in [-0.2, 0) is 10.2 Å². The second-order valence-corrected chi connectivity index (χ2v) is 7.94. The Labute approximate surface area is 176 Å². The Kier molecular flexibility index (Phi) is 5.19. The number of likely N-dealkylation sites (N-methyl/N-ethyl adjacent to an activating group) is 1. The molecule has 0 atom stereocenters. The van der Waals surface area contributed by atoms with Crippen molar-refractivity contribution >= 4 is 57.8 Å². The number of nitro groups is 1. The number of hydrogen-bond donors (Lipinski definition) is 2. The first-order chi connectivity index (χ1) is 13.5. The third-order valence-corrected chi connectivity index (χ3v) is 5.59. The molecule has 0 bridgehead atoms. The molecule has 2 aromatic carbocycles. The first kappa shape index (κ1) is 20.9. The molecule has 0 fully saturated rings. The van der Waals surface area contributed by atoms with Gasteiger partial charge in [-0.2, -0.15) is 0 Å². The van der Waals surface area contributed by atoms with Crippen LogP contribution >= 0.6 is 23.2 Å². The molecular formula is C19H18Cl2N4O4. The smallest absolute Gasteiger partial charge is 0.294 e. The van der Waals surface area contributed by atoms with Crippen LogP contribution in [0.25, 0.3) is 0 Å². The Morgan fingerprint density at radius 3 is 2.34 bits per heavy atom. The molecule has 2 aromatic rings. The van der Waals surface area contributed by atoms with Crippen LogP contribution in [0.15, 0.2) is 24.3 Å². The maximum absolute atomic E-state index is 12.7. The third-order valence-electron chi connectivity index (χ3n) is 4.96. The van der Waals surface area contributed by atoms with Gasteiger partial charge in [0.1, 0.15) is 5.69 Å². The van der Waals surface area contributed by atoms with E-state index in [-0.39, 0.29) is 38.6 Å². The largest absolute Gasteiger partial charge is 0.396 e. The molecule has 0 aromatic heterocycles. The Balaban J connectivity index is 2.09. The van der Waals surface area contributed by atoms with Crippen molar-refractivity contribution in [1.82, 2.24) is 0 Å². The molecule has 1 aliphatic rings. The highest BCUT2D eigenvalue weighted by molar-refractivity contribution is 6.39. The fourth-order valence-corrected chi connectivity index (χ4v) is 3.83. The summed E-state index contributed by atoms with van der Waals surface area (Å²) < 4.78 is 0. The quantitative estimate of drug-likeness (QED) is 0.418. The number of anilines is 3. The zero-order valence-corrected chi connectivity index (χ0v) is 17.4. The van der Waals surface area contributed by atoms with Crippen molar-refractivity contribution in [3.8, 4) is 0 Å². The van der Waals surface area contributed by atoms with Gasteiger partial charge in [0.05, 0.1) is 31.8 Å². The lowest BCUT2D eigenvalue weighted by atomic mass is 9.85. The molecule has 152 valence electrons. The summed E-state index contributed by atoms with van der Waals surface area (Å²) in [4.78, 5) is 37.9. The average Bonchev–Trinajstić information content (AvgIpc) is 2.84. The molecule has 0 unspecified atom stereocenters. The highest BCUT2D eigenvalue weighted by Crippen LogP contribution is 2.46. The number of benzene rings is 2. The minimum atomic E-state index is -0.881. The van der Waals surface area contributed by atoms with Gasteiger partial charge in [-0.25, -0.2) is 0 Å². The molecule has 1 aliphatic heterocycles. The second-order valence-electron chi connectivity index (χ2n) is 7.13. The van der Waals surface area contributed by atoms with E-state index >= 15 is 0 Å². The summed E-state index contributed by atoms with van der Waals surface area (Å²) in [7, 11) is 0. The predicted octanol–water partition coefficient (Wildman–Crippen LogP) is 4.38. The number of nitrogens with one attached hydrogen (secondary N) is 1. The molecule has 2 amide bonds. The van der Waals surface area contributed by atoms with Gasteiger partial charge in [-0.05, 0) is 44.5 Å². The molecule has 10 heteroatoms. The van der Waals surface area contributed by atoms with Gasteiger partial charge >= 0.3 is 0 Å². The van der Waals surface area contributed by atoms with E-state index in [1.807, 2.05) is 0 Å². The average molecular weight is 437 g/mol. The van der Waals surface area contributed by atoms with Crippen molar-refractivity contribution in [3.05, 3.63) is 55.6 Å². The standard InChI is InChI=1S/C19H18Cl2N4O4/c1-4-24-14-8-15(25(28)29)13(7-10(14)19(2,3)18(24)27)23-17(26)9-5-11(20)16(22)12(21)6-9/h5-8H,4,22H2,1-3H3,(H,23,26). The lowest BCUT2D eigenvalue weighted by Gasteiger charge is -2.18. The zero-order valence-electron chi connectivity index (χ0n) is 15.9. The van der Waals surface area contributed by atoms with E-state index in [0.29, 0.717) is 17.8 Å². The summed E-state index contributed by atoms with van der Waals surface area (Å²) in [6, 6.07) is 5.43. The normalized spacial score (nSPS) is 14.7. The van der Waals surface area contributed by atoms with E-state index in [0.717, 1.165) is 0 Å². The fourth-order valence-electron chi connectivity index (χ4n) is 3.34. The van der Waals surface area contributed by atoms with Crippen LogP contribution in [0.5, 0.6) is 0 Å². The maximum Gasteiger partial charge on any atom is 0.294 e. The minimum absolute atomic E-state index is 0.0263. The summed E-state index contributed by atoms with van der Waals surface area (Å²) in [5, 5.41) is 14.3. The predicted molar refractivity (Wildman–Crippen MR) is 113 cm³/mol. The number of rotatable bonds is 4. The first-order valence-corrected chi connectivity index (χ1v) is 9.45. The SMILES string of the molecule is CCN1C(=O)C(C)(C)c2cc(NC(=O)c3cc(Cl)c(N)c(Cl)c3)c([N+](=O)[O-])cc21. The molecule has 0 saturated carbocycles. The van der Waals surface area contributed by atoms with Gasteiger partial charge in [-0.15, -0.1) is 0 Å². The van der Waals surface area contributed by atoms with Gasteiger partial charge in [-0.3, -0.25) is 19.7 Å². The number of carbonyl (C=O) groups excluding carboxylic acids is 2. The number of nitro benzene ring substituents is 1. The van der Waals surface area contributed by atoms with E-state index in [1.54, 1.807) is 20.8 Å². The Morgan fingerprint density at radius 2 is 1.83 bits per heavy atom. The van der Waals surface area contributed by atoms with Crippen molar-refractivity contribution in [2.45, 2.75) is 26.2 Å². The van der Waals surface area contributed by atoms with Crippen LogP contribution < -0.4 is 16.0 Å². The molecule has 0 saturated heterocycles. The molecule has 8 nitrogen and oxygen atoms in total. The Bertz CT molecular complexity index is 1050. The number of nitrogen functional groups attached to an aromatic ring is 1. The number of hydrogen-bond acceptors (Lipinski definition) is 5. The monoisotopic (exact) mass is 436 g/mol. The Morgan fingerprint density at radius 1 is 1.24 bits per heavy atom. The molecule has 29 heavy (non-hydrogen) atoms. The van der Waals surface area contributed by atoms with Crippen LogP contribution in [-0.4, -0.2) is 23.3 Å². The summed E-state index contributed by atoms with van der Waals surface area (Å²) in [5.74, 6) is -0.809. The summed E-state index contributed by atoms with van der Waals surface area (Å²) in [6.07, 6.45) is 0. The van der Waals surface area contributed by atoms with Crippen LogP contribution in [0.4, 0.5) is 22.7 Å². The second kappa shape index (κ2) is 7.20. The van der Waals surface area contributed by atoms with Crippen molar-refractivity contribution in [3.63, 3.8) is 0 Å². The number of nitrogens with zero attached hydrogens (tertiary/aromatic N) is 2. The van der Waals surface area contributed by atoms with E-state index < -0.39 is 16.2 Å².